The van der Waals surface area contributed by atoms with E-state index < -0.39 is 11.9 Å². The van der Waals surface area contributed by atoms with Gasteiger partial charge in [-0.05, 0) is 36.4 Å². The van der Waals surface area contributed by atoms with E-state index in [1.807, 2.05) is 0 Å². The standard InChI is InChI=1S/C20H21N3O6/c1-28-20(27)14-4-6-15(7-5-14)21-17(24)13-18(25)22-8-10-23(11-9-22)19(26)16-3-2-12-29-16/h2-7,12H,8-11,13H2,1H3,(H,21,24). The summed E-state index contributed by atoms with van der Waals surface area (Å²) in [4.78, 5) is 51.3. The van der Waals surface area contributed by atoms with Crippen LogP contribution in [-0.2, 0) is 14.3 Å². The molecular weight excluding hydrogens is 378 g/mol. The lowest BCUT2D eigenvalue weighted by molar-refractivity contribution is -0.135. The maximum atomic E-state index is 12.4. The Morgan fingerprint density at radius 2 is 1.66 bits per heavy atom. The Balaban J connectivity index is 1.46. The summed E-state index contributed by atoms with van der Waals surface area (Å²) in [6.45, 7) is 1.46. The molecule has 0 spiro atoms. The molecule has 0 radical (unpaired) electrons. The van der Waals surface area contributed by atoms with Crippen molar-refractivity contribution < 1.29 is 28.3 Å². The fourth-order valence-corrected chi connectivity index (χ4v) is 2.98. The van der Waals surface area contributed by atoms with E-state index in [1.54, 1.807) is 34.1 Å². The Hall–Kier alpha value is -3.62. The van der Waals surface area contributed by atoms with Gasteiger partial charge in [0, 0.05) is 31.9 Å². The Morgan fingerprint density at radius 3 is 2.24 bits per heavy atom. The molecule has 1 saturated heterocycles. The highest BCUT2D eigenvalue weighted by Crippen LogP contribution is 2.13. The van der Waals surface area contributed by atoms with Crippen molar-refractivity contribution in [3.63, 3.8) is 0 Å². The minimum atomic E-state index is -0.470. The number of carbonyl (C=O) groups is 4. The predicted octanol–water partition coefficient (Wildman–Crippen LogP) is 1.38. The van der Waals surface area contributed by atoms with Crippen LogP contribution in [0.3, 0.4) is 0 Å². The number of nitrogens with zero attached hydrogens (tertiary/aromatic N) is 2. The van der Waals surface area contributed by atoms with E-state index in [-0.39, 0.29) is 24.0 Å². The van der Waals surface area contributed by atoms with Gasteiger partial charge in [-0.15, -0.1) is 0 Å². The summed E-state index contributed by atoms with van der Waals surface area (Å²) in [5.74, 6) is -1.17. The second kappa shape index (κ2) is 9.05. The third kappa shape index (κ3) is 5.01. The van der Waals surface area contributed by atoms with Crippen LogP contribution in [0.15, 0.2) is 47.1 Å². The number of hydrogen-bond acceptors (Lipinski definition) is 6. The smallest absolute Gasteiger partial charge is 0.337 e. The second-order valence-electron chi connectivity index (χ2n) is 6.44. The van der Waals surface area contributed by atoms with Crippen LogP contribution >= 0.6 is 0 Å². The quantitative estimate of drug-likeness (QED) is 0.601. The monoisotopic (exact) mass is 399 g/mol. The van der Waals surface area contributed by atoms with E-state index in [0.717, 1.165) is 0 Å². The number of ether oxygens (including phenoxy) is 1. The van der Waals surface area contributed by atoms with Crippen molar-refractivity contribution in [3.8, 4) is 0 Å². The normalized spacial score (nSPS) is 13.7. The number of benzene rings is 1. The van der Waals surface area contributed by atoms with Gasteiger partial charge in [-0.3, -0.25) is 14.4 Å². The van der Waals surface area contributed by atoms with E-state index in [2.05, 4.69) is 10.1 Å². The molecule has 29 heavy (non-hydrogen) atoms. The van der Waals surface area contributed by atoms with E-state index in [9.17, 15) is 19.2 Å². The van der Waals surface area contributed by atoms with Gasteiger partial charge < -0.3 is 24.3 Å². The van der Waals surface area contributed by atoms with Crippen LogP contribution < -0.4 is 5.32 Å². The zero-order chi connectivity index (χ0) is 20.8. The molecule has 0 atom stereocenters. The van der Waals surface area contributed by atoms with Gasteiger partial charge in [0.1, 0.15) is 6.42 Å². The Bertz CT molecular complexity index is 883. The number of amides is 3. The van der Waals surface area contributed by atoms with Crippen molar-refractivity contribution in [1.29, 1.82) is 0 Å². The highest BCUT2D eigenvalue weighted by molar-refractivity contribution is 6.03. The fourth-order valence-electron chi connectivity index (χ4n) is 2.98. The van der Waals surface area contributed by atoms with Gasteiger partial charge in [-0.2, -0.15) is 0 Å². The molecule has 1 aromatic heterocycles. The van der Waals surface area contributed by atoms with E-state index >= 15 is 0 Å². The van der Waals surface area contributed by atoms with Gasteiger partial charge in [-0.1, -0.05) is 0 Å². The lowest BCUT2D eigenvalue weighted by Gasteiger charge is -2.34. The van der Waals surface area contributed by atoms with Crippen molar-refractivity contribution in [3.05, 3.63) is 54.0 Å². The molecule has 1 aliphatic heterocycles. The Labute approximate surface area is 167 Å². The summed E-state index contributed by atoms with van der Waals surface area (Å²) in [5.41, 5.74) is 0.841. The zero-order valence-corrected chi connectivity index (χ0v) is 15.9. The van der Waals surface area contributed by atoms with Crippen LogP contribution in [0.5, 0.6) is 0 Å². The molecule has 0 bridgehead atoms. The number of hydrogen-bond donors (Lipinski definition) is 1. The summed E-state index contributed by atoms with van der Waals surface area (Å²) in [6, 6.07) is 9.43. The number of piperazine rings is 1. The van der Waals surface area contributed by atoms with Crippen LogP contribution in [0.4, 0.5) is 5.69 Å². The summed E-state index contributed by atoms with van der Waals surface area (Å²) < 4.78 is 9.72. The molecule has 9 heteroatoms. The Kier molecular flexibility index (Phi) is 6.28. The van der Waals surface area contributed by atoms with Crippen LogP contribution in [0.25, 0.3) is 0 Å². The third-order valence-electron chi connectivity index (χ3n) is 4.55. The van der Waals surface area contributed by atoms with Gasteiger partial charge >= 0.3 is 5.97 Å². The van der Waals surface area contributed by atoms with E-state index in [4.69, 9.17) is 4.42 Å². The molecule has 1 aromatic carbocycles. The summed E-state index contributed by atoms with van der Waals surface area (Å²) in [6.07, 6.45) is 1.14. The average molecular weight is 399 g/mol. The summed E-state index contributed by atoms with van der Waals surface area (Å²) in [7, 11) is 1.29. The van der Waals surface area contributed by atoms with Crippen molar-refractivity contribution in [2.45, 2.75) is 6.42 Å². The number of methoxy groups -OCH3 is 1. The first kappa shape index (κ1) is 20.1. The first-order valence-electron chi connectivity index (χ1n) is 9.06. The van der Waals surface area contributed by atoms with Crippen molar-refractivity contribution in [2.24, 2.45) is 0 Å². The SMILES string of the molecule is COC(=O)c1ccc(NC(=O)CC(=O)N2CCN(C(=O)c3ccco3)CC2)cc1. The molecular formula is C20H21N3O6. The maximum absolute atomic E-state index is 12.4. The fraction of sp³-hybridized carbons (Fsp3) is 0.300. The predicted molar refractivity (Wildman–Crippen MR) is 102 cm³/mol. The molecule has 0 unspecified atom stereocenters. The lowest BCUT2D eigenvalue weighted by Crippen LogP contribution is -2.51. The topological polar surface area (TPSA) is 109 Å². The Morgan fingerprint density at radius 1 is 1.00 bits per heavy atom. The molecule has 2 heterocycles. The zero-order valence-electron chi connectivity index (χ0n) is 15.9. The second-order valence-corrected chi connectivity index (χ2v) is 6.44. The molecule has 0 saturated carbocycles. The molecule has 0 aliphatic carbocycles. The first-order valence-corrected chi connectivity index (χ1v) is 9.06. The van der Waals surface area contributed by atoms with E-state index in [1.165, 1.54) is 25.5 Å². The lowest BCUT2D eigenvalue weighted by atomic mass is 10.2. The third-order valence-corrected chi connectivity index (χ3v) is 4.55. The summed E-state index contributed by atoms with van der Waals surface area (Å²) >= 11 is 0. The highest BCUT2D eigenvalue weighted by Gasteiger charge is 2.26. The number of nitrogens with one attached hydrogen (secondary N) is 1. The van der Waals surface area contributed by atoms with Gasteiger partial charge in [0.25, 0.3) is 5.91 Å². The van der Waals surface area contributed by atoms with Crippen molar-refractivity contribution in [1.82, 2.24) is 9.80 Å². The molecule has 3 rings (SSSR count). The molecule has 152 valence electrons. The van der Waals surface area contributed by atoms with Gasteiger partial charge in [0.2, 0.25) is 11.8 Å². The van der Waals surface area contributed by atoms with E-state index in [0.29, 0.717) is 37.4 Å². The number of furan rings is 1. The van der Waals surface area contributed by atoms with Crippen molar-refractivity contribution in [2.75, 3.05) is 38.6 Å². The van der Waals surface area contributed by atoms with Gasteiger partial charge in [0.15, 0.2) is 5.76 Å². The largest absolute Gasteiger partial charge is 0.465 e. The number of esters is 1. The van der Waals surface area contributed by atoms with Crippen LogP contribution in [0.1, 0.15) is 27.3 Å². The van der Waals surface area contributed by atoms with Gasteiger partial charge in [-0.25, -0.2) is 4.79 Å². The maximum Gasteiger partial charge on any atom is 0.337 e. The van der Waals surface area contributed by atoms with Gasteiger partial charge in [0.05, 0.1) is 18.9 Å². The van der Waals surface area contributed by atoms with Crippen molar-refractivity contribution >= 4 is 29.4 Å². The average Bonchev–Trinajstić information content (AvgIpc) is 3.28. The molecule has 1 aliphatic rings. The van der Waals surface area contributed by atoms with Crippen LogP contribution in [-0.4, -0.2) is 66.8 Å². The molecule has 1 N–H and O–H groups in total. The minimum absolute atomic E-state index is 0.213. The minimum Gasteiger partial charge on any atom is -0.465 e. The highest BCUT2D eigenvalue weighted by atomic mass is 16.5. The number of rotatable bonds is 5. The molecule has 1 fully saturated rings. The number of anilines is 1. The molecule has 3 amide bonds. The number of carbonyl (C=O) groups excluding carboxylic acids is 4. The summed E-state index contributed by atoms with van der Waals surface area (Å²) in [5, 5.41) is 2.63. The first-order chi connectivity index (χ1) is 14.0. The van der Waals surface area contributed by atoms with Crippen LogP contribution in [0.2, 0.25) is 0 Å². The van der Waals surface area contributed by atoms with Crippen LogP contribution in [0, 0.1) is 0 Å². The molecule has 2 aromatic rings. The molecule has 9 nitrogen and oxygen atoms in total.